The molecule has 0 spiro atoms. The van der Waals surface area contributed by atoms with Crippen molar-refractivity contribution in [2.45, 2.75) is 42.9 Å². The van der Waals surface area contributed by atoms with E-state index in [4.69, 9.17) is 5.11 Å². The van der Waals surface area contributed by atoms with Gasteiger partial charge in [-0.25, -0.2) is 4.79 Å². The molecule has 0 aliphatic rings. The lowest BCUT2D eigenvalue weighted by molar-refractivity contribution is -0.146. The van der Waals surface area contributed by atoms with Crippen LogP contribution >= 0.6 is 27.7 Å². The second-order valence-electron chi connectivity index (χ2n) is 4.69. The summed E-state index contributed by atoms with van der Waals surface area (Å²) in [6.45, 7) is 5.02. The highest BCUT2D eigenvalue weighted by Gasteiger charge is 2.34. The van der Waals surface area contributed by atoms with E-state index < -0.39 is 11.5 Å². The standard InChI is InChI=1S/C14H18BrNO3S/c1-4-14(3,13(18)19)16-12(17)9(2)20-11-7-5-10(15)6-8-11/h5-9H,4H2,1-3H3,(H,16,17)(H,18,19). The molecule has 0 aliphatic heterocycles. The molecule has 0 fully saturated rings. The van der Waals surface area contributed by atoms with Gasteiger partial charge in [-0.05, 0) is 44.5 Å². The van der Waals surface area contributed by atoms with E-state index in [1.807, 2.05) is 24.3 Å². The molecule has 1 aromatic carbocycles. The fourth-order valence-corrected chi connectivity index (χ4v) is 2.57. The fourth-order valence-electron chi connectivity index (χ4n) is 1.44. The summed E-state index contributed by atoms with van der Waals surface area (Å²) >= 11 is 4.75. The largest absolute Gasteiger partial charge is 0.480 e. The Balaban J connectivity index is 2.67. The SMILES string of the molecule is CCC(C)(NC(=O)C(C)Sc1ccc(Br)cc1)C(=O)O. The van der Waals surface area contributed by atoms with Crippen LogP contribution in [-0.4, -0.2) is 27.8 Å². The maximum Gasteiger partial charge on any atom is 0.329 e. The van der Waals surface area contributed by atoms with Crippen LogP contribution in [0.2, 0.25) is 0 Å². The predicted octanol–water partition coefficient (Wildman–Crippen LogP) is 3.30. The summed E-state index contributed by atoms with van der Waals surface area (Å²) in [5.74, 6) is -1.29. The second-order valence-corrected chi connectivity index (χ2v) is 7.02. The van der Waals surface area contributed by atoms with E-state index in [0.717, 1.165) is 9.37 Å². The van der Waals surface area contributed by atoms with Gasteiger partial charge in [0.25, 0.3) is 0 Å². The summed E-state index contributed by atoms with van der Waals surface area (Å²) in [5.41, 5.74) is -1.22. The number of carbonyl (C=O) groups excluding carboxylic acids is 1. The molecular weight excluding hydrogens is 342 g/mol. The van der Waals surface area contributed by atoms with Crippen molar-refractivity contribution in [2.24, 2.45) is 0 Å². The number of halogens is 1. The monoisotopic (exact) mass is 359 g/mol. The van der Waals surface area contributed by atoms with Crippen LogP contribution in [0.15, 0.2) is 33.6 Å². The molecule has 0 saturated carbocycles. The molecule has 1 amide bonds. The lowest BCUT2D eigenvalue weighted by atomic mass is 9.99. The van der Waals surface area contributed by atoms with E-state index in [-0.39, 0.29) is 11.2 Å². The van der Waals surface area contributed by atoms with Crippen LogP contribution in [-0.2, 0) is 9.59 Å². The molecule has 2 N–H and O–H groups in total. The summed E-state index contributed by atoms with van der Waals surface area (Å²) in [6, 6.07) is 7.63. The average Bonchev–Trinajstić information content (AvgIpc) is 2.40. The third-order valence-corrected chi connectivity index (χ3v) is 4.71. The van der Waals surface area contributed by atoms with Crippen molar-refractivity contribution >= 4 is 39.6 Å². The van der Waals surface area contributed by atoms with Gasteiger partial charge >= 0.3 is 5.97 Å². The number of carboxylic acid groups (broad SMARTS) is 1. The number of nitrogens with one attached hydrogen (secondary N) is 1. The van der Waals surface area contributed by atoms with Gasteiger partial charge in [-0.3, -0.25) is 4.79 Å². The van der Waals surface area contributed by atoms with Crippen molar-refractivity contribution < 1.29 is 14.7 Å². The molecule has 0 bridgehead atoms. The Morgan fingerprint density at radius 2 is 1.95 bits per heavy atom. The Morgan fingerprint density at radius 1 is 1.40 bits per heavy atom. The van der Waals surface area contributed by atoms with Crippen LogP contribution in [0.4, 0.5) is 0 Å². The molecular formula is C14H18BrNO3S. The summed E-state index contributed by atoms with van der Waals surface area (Å²) in [5, 5.41) is 11.4. The van der Waals surface area contributed by atoms with Crippen molar-refractivity contribution in [3.63, 3.8) is 0 Å². The van der Waals surface area contributed by atoms with Crippen LogP contribution in [0.1, 0.15) is 27.2 Å². The minimum absolute atomic E-state index is 0.273. The first-order valence-corrected chi connectivity index (χ1v) is 7.93. The quantitative estimate of drug-likeness (QED) is 0.764. The second kappa shape index (κ2) is 7.13. The van der Waals surface area contributed by atoms with E-state index in [0.29, 0.717) is 6.42 Å². The summed E-state index contributed by atoms with van der Waals surface area (Å²) < 4.78 is 0.975. The number of benzene rings is 1. The van der Waals surface area contributed by atoms with Crippen molar-refractivity contribution in [2.75, 3.05) is 0 Å². The lowest BCUT2D eigenvalue weighted by Crippen LogP contribution is -2.53. The van der Waals surface area contributed by atoms with Gasteiger partial charge in [0.05, 0.1) is 5.25 Å². The van der Waals surface area contributed by atoms with E-state index in [2.05, 4.69) is 21.2 Å². The number of hydrogen-bond donors (Lipinski definition) is 2. The first kappa shape index (κ1) is 17.0. The molecule has 110 valence electrons. The van der Waals surface area contributed by atoms with Gasteiger partial charge in [0.1, 0.15) is 5.54 Å². The molecule has 1 rings (SSSR count). The number of carboxylic acids is 1. The highest BCUT2D eigenvalue weighted by Crippen LogP contribution is 2.25. The fraction of sp³-hybridized carbons (Fsp3) is 0.429. The smallest absolute Gasteiger partial charge is 0.329 e. The third-order valence-electron chi connectivity index (χ3n) is 3.07. The topological polar surface area (TPSA) is 66.4 Å². The Hall–Kier alpha value is -1.01. The summed E-state index contributed by atoms with van der Waals surface area (Å²) in [7, 11) is 0. The Labute approximate surface area is 131 Å². The normalized spacial score (nSPS) is 15.2. The number of amides is 1. The highest BCUT2D eigenvalue weighted by atomic mass is 79.9. The molecule has 0 heterocycles. The van der Waals surface area contributed by atoms with Crippen molar-refractivity contribution in [1.82, 2.24) is 5.32 Å². The summed E-state index contributed by atoms with van der Waals surface area (Å²) in [4.78, 5) is 24.2. The molecule has 0 aliphatic carbocycles. The van der Waals surface area contributed by atoms with Gasteiger partial charge in [0.2, 0.25) is 5.91 Å². The minimum atomic E-state index is -1.22. The van der Waals surface area contributed by atoms with E-state index >= 15 is 0 Å². The number of carbonyl (C=O) groups is 2. The van der Waals surface area contributed by atoms with Gasteiger partial charge in [0, 0.05) is 9.37 Å². The minimum Gasteiger partial charge on any atom is -0.480 e. The maximum absolute atomic E-state index is 12.1. The van der Waals surface area contributed by atoms with Gasteiger partial charge < -0.3 is 10.4 Å². The number of rotatable bonds is 6. The molecule has 2 unspecified atom stereocenters. The first-order chi connectivity index (χ1) is 9.28. The maximum atomic E-state index is 12.1. The van der Waals surface area contributed by atoms with Crippen molar-refractivity contribution in [3.05, 3.63) is 28.7 Å². The van der Waals surface area contributed by atoms with Crippen LogP contribution < -0.4 is 5.32 Å². The van der Waals surface area contributed by atoms with Gasteiger partial charge in [-0.2, -0.15) is 0 Å². The van der Waals surface area contributed by atoms with E-state index in [1.54, 1.807) is 13.8 Å². The number of thioether (sulfide) groups is 1. The zero-order valence-electron chi connectivity index (χ0n) is 11.6. The number of aliphatic carboxylic acids is 1. The molecule has 0 aromatic heterocycles. The van der Waals surface area contributed by atoms with E-state index in [1.165, 1.54) is 18.7 Å². The van der Waals surface area contributed by atoms with Crippen LogP contribution in [0.5, 0.6) is 0 Å². The molecule has 20 heavy (non-hydrogen) atoms. The summed E-state index contributed by atoms with van der Waals surface area (Å²) in [6.07, 6.45) is 0.337. The zero-order chi connectivity index (χ0) is 15.3. The molecule has 0 radical (unpaired) electrons. The third kappa shape index (κ3) is 4.52. The molecule has 0 saturated heterocycles. The average molecular weight is 360 g/mol. The van der Waals surface area contributed by atoms with Gasteiger partial charge in [0.15, 0.2) is 0 Å². The number of hydrogen-bond acceptors (Lipinski definition) is 3. The Kier molecular flexibility index (Phi) is 6.07. The molecule has 4 nitrogen and oxygen atoms in total. The van der Waals surface area contributed by atoms with E-state index in [9.17, 15) is 9.59 Å². The first-order valence-electron chi connectivity index (χ1n) is 6.26. The van der Waals surface area contributed by atoms with Gasteiger partial charge in [-0.15, -0.1) is 11.8 Å². The van der Waals surface area contributed by atoms with Crippen LogP contribution in [0, 0.1) is 0 Å². The van der Waals surface area contributed by atoms with Crippen LogP contribution in [0.3, 0.4) is 0 Å². The molecule has 1 aromatic rings. The molecule has 6 heteroatoms. The van der Waals surface area contributed by atoms with Gasteiger partial charge in [-0.1, -0.05) is 22.9 Å². The van der Waals surface area contributed by atoms with Crippen LogP contribution in [0.25, 0.3) is 0 Å². The Bertz CT molecular complexity index is 492. The van der Waals surface area contributed by atoms with Crippen molar-refractivity contribution in [3.8, 4) is 0 Å². The van der Waals surface area contributed by atoms with Crippen molar-refractivity contribution in [1.29, 1.82) is 0 Å². The predicted molar refractivity (Wildman–Crippen MR) is 83.9 cm³/mol. The highest BCUT2D eigenvalue weighted by molar-refractivity contribution is 9.10. The lowest BCUT2D eigenvalue weighted by Gasteiger charge is -2.26. The zero-order valence-corrected chi connectivity index (χ0v) is 14.0. The Morgan fingerprint density at radius 3 is 2.40 bits per heavy atom. The molecule has 2 atom stereocenters.